The van der Waals surface area contributed by atoms with Crippen LogP contribution in [-0.2, 0) is 4.79 Å². The number of piperidine rings is 1. The van der Waals surface area contributed by atoms with Gasteiger partial charge in [-0.3, -0.25) is 9.18 Å². The topological polar surface area (TPSA) is 46.3 Å². The van der Waals surface area contributed by atoms with Gasteiger partial charge in [0.15, 0.2) is 0 Å². The molecule has 1 saturated heterocycles. The highest BCUT2D eigenvalue weighted by Crippen LogP contribution is 2.33. The van der Waals surface area contributed by atoms with E-state index in [1.165, 1.54) is 0 Å². The zero-order chi connectivity index (χ0) is 12.7. The van der Waals surface area contributed by atoms with Crippen LogP contribution in [0.2, 0.25) is 0 Å². The van der Waals surface area contributed by atoms with E-state index in [0.29, 0.717) is 6.42 Å². The summed E-state index contributed by atoms with van der Waals surface area (Å²) < 4.78 is 12.0. The van der Waals surface area contributed by atoms with E-state index >= 15 is 0 Å². The summed E-state index contributed by atoms with van der Waals surface area (Å²) in [4.78, 5) is 13.9. The average molecular weight is 244 g/mol. The Bertz CT molecular complexity index is 248. The van der Waals surface area contributed by atoms with Gasteiger partial charge in [0.25, 0.3) is 0 Å². The minimum Gasteiger partial charge on any atom is -0.369 e. The Morgan fingerprint density at radius 2 is 2.18 bits per heavy atom. The van der Waals surface area contributed by atoms with Crippen LogP contribution in [0.5, 0.6) is 0 Å². The van der Waals surface area contributed by atoms with Crippen molar-refractivity contribution in [2.75, 3.05) is 26.3 Å². The van der Waals surface area contributed by atoms with E-state index in [1.54, 1.807) is 0 Å². The quantitative estimate of drug-likeness (QED) is 0.697. The molecule has 1 fully saturated rings. The molecule has 0 aliphatic carbocycles. The second-order valence-corrected chi connectivity index (χ2v) is 5.13. The number of hydrogen-bond acceptors (Lipinski definition) is 2. The first-order valence-corrected chi connectivity index (χ1v) is 6.73. The largest absolute Gasteiger partial charge is 0.369 e. The molecule has 17 heavy (non-hydrogen) atoms. The molecule has 1 heterocycles. The minimum absolute atomic E-state index is 0.159. The van der Waals surface area contributed by atoms with Crippen molar-refractivity contribution in [3.05, 3.63) is 0 Å². The monoisotopic (exact) mass is 244 g/mol. The lowest BCUT2D eigenvalue weighted by atomic mass is 9.77. The Labute approximate surface area is 104 Å². The third kappa shape index (κ3) is 3.95. The number of nitrogens with zero attached hydrogens (tertiary/aromatic N) is 1. The van der Waals surface area contributed by atoms with Crippen LogP contribution in [-0.4, -0.2) is 37.1 Å². The molecule has 4 heteroatoms. The molecular weight excluding hydrogens is 219 g/mol. The molecular formula is C13H25FN2O. The normalized spacial score (nSPS) is 26.0. The Hall–Kier alpha value is -0.640. The zero-order valence-corrected chi connectivity index (χ0v) is 10.9. The van der Waals surface area contributed by atoms with E-state index in [9.17, 15) is 9.18 Å². The number of rotatable bonds is 7. The van der Waals surface area contributed by atoms with Gasteiger partial charge in [-0.1, -0.05) is 6.92 Å². The molecule has 1 aliphatic heterocycles. The summed E-state index contributed by atoms with van der Waals surface area (Å²) in [7, 11) is 0. The van der Waals surface area contributed by atoms with Crippen LogP contribution in [0.25, 0.3) is 0 Å². The predicted octanol–water partition coefficient (Wildman–Crippen LogP) is 2.10. The summed E-state index contributed by atoms with van der Waals surface area (Å²) in [5, 5.41) is 0. The molecule has 0 spiro atoms. The van der Waals surface area contributed by atoms with Gasteiger partial charge in [-0.25, -0.2) is 0 Å². The molecule has 1 amide bonds. The van der Waals surface area contributed by atoms with E-state index in [-0.39, 0.29) is 18.0 Å². The van der Waals surface area contributed by atoms with Crippen LogP contribution in [0.15, 0.2) is 0 Å². The predicted molar refractivity (Wildman–Crippen MR) is 67.4 cm³/mol. The molecule has 0 aromatic heterocycles. The molecule has 1 rings (SSSR count). The van der Waals surface area contributed by atoms with Crippen molar-refractivity contribution in [2.45, 2.75) is 45.4 Å². The van der Waals surface area contributed by atoms with E-state index in [1.807, 2.05) is 6.92 Å². The first-order chi connectivity index (χ1) is 8.14. The number of hydrogen-bond donors (Lipinski definition) is 1. The van der Waals surface area contributed by atoms with Gasteiger partial charge in [-0.05, 0) is 51.6 Å². The lowest BCUT2D eigenvalue weighted by molar-refractivity contribution is -0.131. The third-order valence-corrected chi connectivity index (χ3v) is 3.96. The van der Waals surface area contributed by atoms with Crippen LogP contribution in [0, 0.1) is 5.41 Å². The second-order valence-electron chi connectivity index (χ2n) is 5.13. The molecule has 3 nitrogen and oxygen atoms in total. The molecule has 0 saturated carbocycles. The van der Waals surface area contributed by atoms with Gasteiger partial charge in [0.2, 0.25) is 5.91 Å². The molecule has 0 aromatic rings. The van der Waals surface area contributed by atoms with E-state index < -0.39 is 0 Å². The van der Waals surface area contributed by atoms with Crippen molar-refractivity contribution < 1.29 is 9.18 Å². The molecule has 2 N–H and O–H groups in total. The fourth-order valence-corrected chi connectivity index (χ4v) is 2.69. The Morgan fingerprint density at radius 3 is 2.76 bits per heavy atom. The van der Waals surface area contributed by atoms with Crippen LogP contribution in [0.1, 0.15) is 45.4 Å². The number of unbranched alkanes of at least 4 members (excludes halogenated alkanes) is 2. The van der Waals surface area contributed by atoms with E-state index in [4.69, 9.17) is 5.73 Å². The highest BCUT2D eigenvalue weighted by atomic mass is 19.1. The molecule has 0 unspecified atom stereocenters. The maximum Gasteiger partial charge on any atom is 0.224 e. The van der Waals surface area contributed by atoms with Crippen molar-refractivity contribution in [3.63, 3.8) is 0 Å². The number of amides is 1. The van der Waals surface area contributed by atoms with E-state index in [0.717, 1.165) is 51.7 Å². The molecule has 100 valence electrons. The summed E-state index contributed by atoms with van der Waals surface area (Å²) >= 11 is 0. The maximum absolute atomic E-state index is 12.0. The highest BCUT2D eigenvalue weighted by Gasteiger charge is 2.38. The SMILES string of the molecule is CC[C@@]1(C(N)=O)CCCN(CCCCCF)C1. The maximum atomic E-state index is 12.0. The van der Waals surface area contributed by atoms with Crippen LogP contribution in [0.3, 0.4) is 0 Å². The number of alkyl halides is 1. The first-order valence-electron chi connectivity index (χ1n) is 6.73. The fourth-order valence-electron chi connectivity index (χ4n) is 2.69. The van der Waals surface area contributed by atoms with Gasteiger partial charge in [-0.15, -0.1) is 0 Å². The number of halogens is 1. The minimum atomic E-state index is -0.321. The number of nitrogens with two attached hydrogens (primary N) is 1. The number of carbonyl (C=O) groups is 1. The molecule has 1 atom stereocenters. The van der Waals surface area contributed by atoms with Crippen LogP contribution in [0.4, 0.5) is 4.39 Å². The average Bonchev–Trinajstić information content (AvgIpc) is 2.34. The van der Waals surface area contributed by atoms with Crippen molar-refractivity contribution >= 4 is 5.91 Å². The molecule has 0 radical (unpaired) electrons. The van der Waals surface area contributed by atoms with Crippen molar-refractivity contribution in [1.82, 2.24) is 4.90 Å². The summed E-state index contributed by atoms with van der Waals surface area (Å²) in [6, 6.07) is 0. The third-order valence-electron chi connectivity index (χ3n) is 3.96. The van der Waals surface area contributed by atoms with Crippen molar-refractivity contribution in [1.29, 1.82) is 0 Å². The molecule has 0 aromatic carbocycles. The van der Waals surface area contributed by atoms with Gasteiger partial charge < -0.3 is 10.6 Å². The Morgan fingerprint density at radius 1 is 1.41 bits per heavy atom. The summed E-state index contributed by atoms with van der Waals surface area (Å²) in [5.74, 6) is -0.159. The lowest BCUT2D eigenvalue weighted by Crippen LogP contribution is -2.50. The highest BCUT2D eigenvalue weighted by molar-refractivity contribution is 5.81. The van der Waals surface area contributed by atoms with Crippen LogP contribution < -0.4 is 5.73 Å². The zero-order valence-electron chi connectivity index (χ0n) is 10.9. The van der Waals surface area contributed by atoms with Gasteiger partial charge in [-0.2, -0.15) is 0 Å². The summed E-state index contributed by atoms with van der Waals surface area (Å²) in [5.41, 5.74) is 5.21. The van der Waals surface area contributed by atoms with E-state index in [2.05, 4.69) is 4.90 Å². The Balaban J connectivity index is 2.40. The Kier molecular flexibility index (Phi) is 5.89. The molecule has 1 aliphatic rings. The lowest BCUT2D eigenvalue weighted by Gasteiger charge is -2.40. The van der Waals surface area contributed by atoms with Gasteiger partial charge in [0.05, 0.1) is 12.1 Å². The van der Waals surface area contributed by atoms with Crippen molar-refractivity contribution in [2.24, 2.45) is 11.1 Å². The standard InChI is InChI=1S/C13H25FN2O/c1-2-13(12(15)17)7-6-10-16(11-13)9-5-3-4-8-14/h2-11H2,1H3,(H2,15,17)/t13-/m1/s1. The number of likely N-dealkylation sites (tertiary alicyclic amines) is 1. The number of primary amides is 1. The van der Waals surface area contributed by atoms with Gasteiger partial charge in [0, 0.05) is 6.54 Å². The first kappa shape index (κ1) is 14.4. The number of carbonyl (C=O) groups excluding carboxylic acids is 1. The van der Waals surface area contributed by atoms with Gasteiger partial charge >= 0.3 is 0 Å². The summed E-state index contributed by atoms with van der Waals surface area (Å²) in [6.45, 7) is 4.62. The van der Waals surface area contributed by atoms with Crippen LogP contribution >= 0.6 is 0 Å². The van der Waals surface area contributed by atoms with Crippen molar-refractivity contribution in [3.8, 4) is 0 Å². The molecule has 0 bridgehead atoms. The van der Waals surface area contributed by atoms with Gasteiger partial charge in [0.1, 0.15) is 0 Å². The fraction of sp³-hybridized carbons (Fsp3) is 0.923. The summed E-state index contributed by atoms with van der Waals surface area (Å²) in [6.07, 6.45) is 5.39. The smallest absolute Gasteiger partial charge is 0.224 e. The second kappa shape index (κ2) is 6.94.